The summed E-state index contributed by atoms with van der Waals surface area (Å²) in [6.45, 7) is 1.24. The van der Waals surface area contributed by atoms with E-state index in [0.717, 1.165) is 0 Å². The van der Waals surface area contributed by atoms with Crippen LogP contribution >= 0.6 is 0 Å². The molecule has 6 N–H and O–H groups in total. The smallest absolute Gasteiger partial charge is 0.0621 e. The number of nitrogens with two attached hydrogens (primary N) is 2. The Kier molecular flexibility index (Phi) is 3.07. The average molecular weight is 134 g/mol. The van der Waals surface area contributed by atoms with Crippen molar-refractivity contribution in [1.29, 1.82) is 0 Å². The Labute approximate surface area is 54.5 Å². The molecule has 0 amide bonds. The summed E-state index contributed by atoms with van der Waals surface area (Å²) in [6, 6.07) is 0. The molecule has 0 saturated heterocycles. The van der Waals surface area contributed by atoms with Gasteiger partial charge in [-0.15, -0.1) is 0 Å². The Morgan fingerprint density at radius 2 is 1.67 bits per heavy atom. The molecule has 4 heteroatoms. The fourth-order valence-electron chi connectivity index (χ4n) is 0.261. The van der Waals surface area contributed by atoms with Gasteiger partial charge in [-0.2, -0.15) is 0 Å². The Morgan fingerprint density at radius 1 is 1.33 bits per heavy atom. The first-order valence-electron chi connectivity index (χ1n) is 2.79. The molecule has 0 aliphatic carbocycles. The summed E-state index contributed by atoms with van der Waals surface area (Å²) < 4.78 is 0. The van der Waals surface area contributed by atoms with E-state index in [1.54, 1.807) is 6.92 Å². The third-order valence-corrected chi connectivity index (χ3v) is 1.53. The van der Waals surface area contributed by atoms with Crippen molar-refractivity contribution in [3.8, 4) is 0 Å². The minimum absolute atomic E-state index is 0.193. The molecule has 0 aromatic carbocycles. The second-order valence-electron chi connectivity index (χ2n) is 2.50. The standard InChI is InChI=1S/C5H14N2O2/c1-5(2-8,3-9)4(6)7/h4,8-9H,2-3,6-7H2,1H3. The normalized spacial score (nSPS) is 12.7. The summed E-state index contributed by atoms with van der Waals surface area (Å²) >= 11 is 0. The van der Waals surface area contributed by atoms with Crippen LogP contribution in [0.1, 0.15) is 6.92 Å². The summed E-state index contributed by atoms with van der Waals surface area (Å²) in [6.07, 6.45) is -0.674. The van der Waals surface area contributed by atoms with Gasteiger partial charge in [-0.1, -0.05) is 6.92 Å². The number of hydrogen-bond donors (Lipinski definition) is 4. The lowest BCUT2D eigenvalue weighted by Crippen LogP contribution is -2.50. The zero-order valence-corrected chi connectivity index (χ0v) is 5.54. The van der Waals surface area contributed by atoms with E-state index in [2.05, 4.69) is 0 Å². The first-order valence-corrected chi connectivity index (χ1v) is 2.79. The minimum atomic E-state index is -0.750. The van der Waals surface area contributed by atoms with Crippen LogP contribution in [0.4, 0.5) is 0 Å². The molecule has 0 radical (unpaired) electrons. The van der Waals surface area contributed by atoms with Gasteiger partial charge in [0.25, 0.3) is 0 Å². The molecule has 4 nitrogen and oxygen atoms in total. The van der Waals surface area contributed by atoms with Crippen molar-refractivity contribution in [3.05, 3.63) is 0 Å². The SMILES string of the molecule is CC(CO)(CO)C(N)N. The molecular weight excluding hydrogens is 120 g/mol. The lowest BCUT2D eigenvalue weighted by molar-refractivity contribution is 0.0498. The van der Waals surface area contributed by atoms with E-state index >= 15 is 0 Å². The summed E-state index contributed by atoms with van der Waals surface area (Å²) in [5, 5.41) is 17.3. The van der Waals surface area contributed by atoms with Crippen molar-refractivity contribution in [2.75, 3.05) is 13.2 Å². The number of rotatable bonds is 3. The summed E-state index contributed by atoms with van der Waals surface area (Å²) in [5.41, 5.74) is 9.75. The van der Waals surface area contributed by atoms with Gasteiger partial charge in [-0.3, -0.25) is 0 Å². The lowest BCUT2D eigenvalue weighted by Gasteiger charge is -2.28. The molecule has 0 fully saturated rings. The minimum Gasteiger partial charge on any atom is -0.396 e. The molecule has 0 atom stereocenters. The highest BCUT2D eigenvalue weighted by molar-refractivity contribution is 4.79. The fraction of sp³-hybridized carbons (Fsp3) is 1.00. The molecule has 0 bridgehead atoms. The van der Waals surface area contributed by atoms with E-state index < -0.39 is 11.6 Å². The topological polar surface area (TPSA) is 92.5 Å². The predicted molar refractivity (Wildman–Crippen MR) is 34.4 cm³/mol. The van der Waals surface area contributed by atoms with Crippen LogP contribution in [0.5, 0.6) is 0 Å². The van der Waals surface area contributed by atoms with Crippen LogP contribution in [-0.4, -0.2) is 29.6 Å². The predicted octanol–water partition coefficient (Wildman–Crippen LogP) is -1.78. The highest BCUT2D eigenvalue weighted by Crippen LogP contribution is 2.13. The Bertz CT molecular complexity index is 81.0. The molecule has 0 aliphatic heterocycles. The van der Waals surface area contributed by atoms with Crippen LogP contribution in [0.3, 0.4) is 0 Å². The maximum absolute atomic E-state index is 8.64. The molecule has 0 unspecified atom stereocenters. The molecular formula is C5H14N2O2. The lowest BCUT2D eigenvalue weighted by atomic mass is 9.90. The van der Waals surface area contributed by atoms with Crippen LogP contribution in [0.15, 0.2) is 0 Å². The largest absolute Gasteiger partial charge is 0.396 e. The Hall–Kier alpha value is -0.160. The third kappa shape index (κ3) is 1.91. The van der Waals surface area contributed by atoms with Gasteiger partial charge in [0.05, 0.1) is 19.4 Å². The van der Waals surface area contributed by atoms with Crippen molar-refractivity contribution in [2.24, 2.45) is 16.9 Å². The first kappa shape index (κ1) is 8.84. The average Bonchev–Trinajstić information content (AvgIpc) is 1.86. The van der Waals surface area contributed by atoms with E-state index in [1.807, 2.05) is 0 Å². The molecule has 0 aromatic heterocycles. The molecule has 0 aliphatic rings. The van der Waals surface area contributed by atoms with Gasteiger partial charge in [-0.05, 0) is 0 Å². The number of hydrogen-bond acceptors (Lipinski definition) is 4. The van der Waals surface area contributed by atoms with E-state index in [0.29, 0.717) is 0 Å². The zero-order valence-electron chi connectivity index (χ0n) is 5.54. The van der Waals surface area contributed by atoms with Crippen molar-refractivity contribution in [3.63, 3.8) is 0 Å². The maximum Gasteiger partial charge on any atom is 0.0621 e. The van der Waals surface area contributed by atoms with E-state index in [4.69, 9.17) is 21.7 Å². The molecule has 0 heterocycles. The fourth-order valence-corrected chi connectivity index (χ4v) is 0.261. The van der Waals surface area contributed by atoms with E-state index in [1.165, 1.54) is 0 Å². The van der Waals surface area contributed by atoms with Gasteiger partial charge in [0.1, 0.15) is 0 Å². The summed E-state index contributed by atoms with van der Waals surface area (Å²) in [7, 11) is 0. The summed E-state index contributed by atoms with van der Waals surface area (Å²) in [4.78, 5) is 0. The molecule has 56 valence electrons. The van der Waals surface area contributed by atoms with Crippen molar-refractivity contribution in [1.82, 2.24) is 0 Å². The van der Waals surface area contributed by atoms with Gasteiger partial charge >= 0.3 is 0 Å². The summed E-state index contributed by atoms with van der Waals surface area (Å²) in [5.74, 6) is 0. The quantitative estimate of drug-likeness (QED) is 0.343. The van der Waals surface area contributed by atoms with Crippen LogP contribution in [0.2, 0.25) is 0 Å². The molecule has 9 heavy (non-hydrogen) atoms. The Balaban J connectivity index is 3.92. The first-order chi connectivity index (χ1) is 4.06. The van der Waals surface area contributed by atoms with Crippen molar-refractivity contribution < 1.29 is 10.2 Å². The Morgan fingerprint density at radius 3 is 1.67 bits per heavy atom. The molecule has 0 rings (SSSR count). The molecule has 0 aromatic rings. The highest BCUT2D eigenvalue weighted by Gasteiger charge is 2.27. The van der Waals surface area contributed by atoms with Gasteiger partial charge in [0, 0.05) is 5.41 Å². The van der Waals surface area contributed by atoms with Gasteiger partial charge in [0.15, 0.2) is 0 Å². The van der Waals surface area contributed by atoms with Crippen LogP contribution in [-0.2, 0) is 0 Å². The van der Waals surface area contributed by atoms with Crippen LogP contribution in [0, 0.1) is 5.41 Å². The van der Waals surface area contributed by atoms with Gasteiger partial charge < -0.3 is 21.7 Å². The van der Waals surface area contributed by atoms with Crippen LogP contribution < -0.4 is 11.5 Å². The van der Waals surface area contributed by atoms with Crippen LogP contribution in [0.25, 0.3) is 0 Å². The second kappa shape index (κ2) is 3.12. The van der Waals surface area contributed by atoms with E-state index in [9.17, 15) is 0 Å². The zero-order chi connectivity index (χ0) is 7.49. The van der Waals surface area contributed by atoms with Crippen molar-refractivity contribution >= 4 is 0 Å². The molecule has 0 spiro atoms. The van der Waals surface area contributed by atoms with Gasteiger partial charge in [0.2, 0.25) is 0 Å². The number of aliphatic hydroxyl groups excluding tert-OH is 2. The third-order valence-electron chi connectivity index (χ3n) is 1.53. The second-order valence-corrected chi connectivity index (χ2v) is 2.50. The number of aliphatic hydroxyl groups is 2. The van der Waals surface area contributed by atoms with Gasteiger partial charge in [-0.25, -0.2) is 0 Å². The monoisotopic (exact) mass is 134 g/mol. The highest BCUT2D eigenvalue weighted by atomic mass is 16.3. The van der Waals surface area contributed by atoms with Crippen molar-refractivity contribution in [2.45, 2.75) is 13.1 Å². The molecule has 0 saturated carbocycles. The van der Waals surface area contributed by atoms with E-state index in [-0.39, 0.29) is 13.2 Å². The maximum atomic E-state index is 8.64.